The molecule has 1 aromatic carbocycles. The Bertz CT molecular complexity index is 516. The van der Waals surface area contributed by atoms with Crippen LogP contribution in [0.25, 0.3) is 0 Å². The van der Waals surface area contributed by atoms with Gasteiger partial charge < -0.3 is 4.74 Å². The number of ether oxygens (including phenoxy) is 1. The molecule has 0 aliphatic rings. The first-order valence-electron chi connectivity index (χ1n) is 5.40. The summed E-state index contributed by atoms with van der Waals surface area (Å²) in [4.78, 5) is 16.8. The lowest BCUT2D eigenvalue weighted by molar-refractivity contribution is 0.104. The molecular formula is C13H13NO2S. The first-order valence-corrected chi connectivity index (χ1v) is 6.22. The Hall–Kier alpha value is -1.68. The maximum absolute atomic E-state index is 12.1. The molecule has 2 rings (SSSR count). The fraction of sp³-hybridized carbons (Fsp3) is 0.231. The van der Waals surface area contributed by atoms with Gasteiger partial charge in [-0.25, -0.2) is 4.98 Å². The Balaban J connectivity index is 2.20. The van der Waals surface area contributed by atoms with Gasteiger partial charge in [0.15, 0.2) is 0 Å². The number of hydrogen-bond acceptors (Lipinski definition) is 4. The summed E-state index contributed by atoms with van der Waals surface area (Å²) in [5.41, 5.74) is 0.664. The summed E-state index contributed by atoms with van der Waals surface area (Å²) in [5, 5.41) is 0.902. The molecule has 4 heteroatoms. The van der Waals surface area contributed by atoms with Gasteiger partial charge in [0, 0.05) is 11.8 Å². The molecule has 0 saturated carbocycles. The van der Waals surface area contributed by atoms with Crippen molar-refractivity contribution in [3.8, 4) is 5.75 Å². The van der Waals surface area contributed by atoms with Gasteiger partial charge in [0.2, 0.25) is 5.78 Å². The molecular weight excluding hydrogens is 234 g/mol. The molecule has 0 aliphatic heterocycles. The number of ketones is 1. The highest BCUT2D eigenvalue weighted by atomic mass is 32.1. The van der Waals surface area contributed by atoms with Crippen molar-refractivity contribution < 1.29 is 9.53 Å². The van der Waals surface area contributed by atoms with Crippen LogP contribution in [0.2, 0.25) is 0 Å². The van der Waals surface area contributed by atoms with Crippen LogP contribution in [-0.2, 0) is 0 Å². The predicted octanol–water partition coefficient (Wildman–Crippen LogP) is 3.08. The number of carbonyl (C=O) groups is 1. The third kappa shape index (κ3) is 2.71. The van der Waals surface area contributed by atoms with Gasteiger partial charge in [0.05, 0.1) is 16.5 Å². The number of aromatic nitrogens is 1. The van der Waals surface area contributed by atoms with Crippen molar-refractivity contribution in [3.05, 3.63) is 45.9 Å². The molecule has 0 atom stereocenters. The third-order valence-corrected chi connectivity index (χ3v) is 3.18. The van der Waals surface area contributed by atoms with Crippen molar-refractivity contribution in [3.63, 3.8) is 0 Å². The molecule has 0 aliphatic carbocycles. The fourth-order valence-electron chi connectivity index (χ4n) is 1.48. The molecule has 17 heavy (non-hydrogen) atoms. The number of rotatable bonds is 4. The van der Waals surface area contributed by atoms with E-state index in [0.29, 0.717) is 17.0 Å². The van der Waals surface area contributed by atoms with Crippen LogP contribution in [0.15, 0.2) is 30.5 Å². The van der Waals surface area contributed by atoms with Crippen LogP contribution in [0.4, 0.5) is 0 Å². The van der Waals surface area contributed by atoms with Crippen molar-refractivity contribution >= 4 is 17.1 Å². The first-order chi connectivity index (χ1) is 8.20. The van der Waals surface area contributed by atoms with Crippen molar-refractivity contribution in [1.82, 2.24) is 4.98 Å². The minimum atomic E-state index is 0.0126. The van der Waals surface area contributed by atoms with Crippen LogP contribution >= 0.6 is 11.3 Å². The van der Waals surface area contributed by atoms with Gasteiger partial charge in [0.1, 0.15) is 5.75 Å². The van der Waals surface area contributed by atoms with E-state index < -0.39 is 0 Å². The number of benzene rings is 1. The van der Waals surface area contributed by atoms with Gasteiger partial charge >= 0.3 is 0 Å². The number of hydrogen-bond donors (Lipinski definition) is 0. The highest BCUT2D eigenvalue weighted by molar-refractivity contribution is 7.13. The minimum Gasteiger partial charge on any atom is -0.494 e. The average molecular weight is 247 g/mol. The minimum absolute atomic E-state index is 0.0126. The van der Waals surface area contributed by atoms with Crippen LogP contribution in [0.3, 0.4) is 0 Å². The molecule has 0 fully saturated rings. The third-order valence-electron chi connectivity index (χ3n) is 2.27. The summed E-state index contributed by atoms with van der Waals surface area (Å²) in [7, 11) is 0. The van der Waals surface area contributed by atoms with Crippen LogP contribution in [0, 0.1) is 6.92 Å². The zero-order valence-corrected chi connectivity index (χ0v) is 10.6. The van der Waals surface area contributed by atoms with Gasteiger partial charge in [-0.3, -0.25) is 4.79 Å². The Morgan fingerprint density at radius 1 is 1.35 bits per heavy atom. The summed E-state index contributed by atoms with van der Waals surface area (Å²) in [6.45, 7) is 4.44. The van der Waals surface area contributed by atoms with Crippen molar-refractivity contribution in [2.24, 2.45) is 0 Å². The van der Waals surface area contributed by atoms with E-state index >= 15 is 0 Å². The van der Waals surface area contributed by atoms with Gasteiger partial charge in [-0.15, -0.1) is 11.3 Å². The highest BCUT2D eigenvalue weighted by Gasteiger charge is 2.11. The summed E-state index contributed by atoms with van der Waals surface area (Å²) < 4.78 is 5.33. The molecule has 0 amide bonds. The molecule has 0 N–H and O–H groups in total. The zero-order valence-electron chi connectivity index (χ0n) is 9.77. The SMILES string of the molecule is CCOc1ccc(C(=O)c2cnc(C)s2)cc1. The van der Waals surface area contributed by atoms with Crippen LogP contribution in [0.1, 0.15) is 27.2 Å². The molecule has 0 spiro atoms. The van der Waals surface area contributed by atoms with E-state index in [-0.39, 0.29) is 5.78 Å². The normalized spacial score (nSPS) is 10.2. The van der Waals surface area contributed by atoms with Gasteiger partial charge in [-0.2, -0.15) is 0 Å². The molecule has 0 bridgehead atoms. The first kappa shape index (κ1) is 11.8. The second-order valence-electron chi connectivity index (χ2n) is 3.53. The van der Waals surface area contributed by atoms with E-state index in [1.54, 1.807) is 18.3 Å². The molecule has 1 heterocycles. The van der Waals surface area contributed by atoms with E-state index in [1.165, 1.54) is 11.3 Å². The quantitative estimate of drug-likeness (QED) is 0.779. The van der Waals surface area contributed by atoms with E-state index in [1.807, 2.05) is 26.0 Å². The standard InChI is InChI=1S/C13H13NO2S/c1-3-16-11-6-4-10(5-7-11)13(15)12-8-14-9(2)17-12/h4-8H,3H2,1-2H3. The molecule has 0 unspecified atom stereocenters. The Morgan fingerprint density at radius 2 is 2.06 bits per heavy atom. The Morgan fingerprint density at radius 3 is 2.59 bits per heavy atom. The Kier molecular flexibility index (Phi) is 3.54. The second-order valence-corrected chi connectivity index (χ2v) is 4.76. The molecule has 3 nitrogen and oxygen atoms in total. The lowest BCUT2D eigenvalue weighted by atomic mass is 10.1. The number of aryl methyl sites for hydroxylation is 1. The smallest absolute Gasteiger partial charge is 0.204 e. The van der Waals surface area contributed by atoms with E-state index in [4.69, 9.17) is 4.74 Å². The van der Waals surface area contributed by atoms with Crippen LogP contribution in [-0.4, -0.2) is 17.4 Å². The summed E-state index contributed by atoms with van der Waals surface area (Å²) in [6, 6.07) is 7.18. The van der Waals surface area contributed by atoms with Crippen molar-refractivity contribution in [2.45, 2.75) is 13.8 Å². The van der Waals surface area contributed by atoms with E-state index in [0.717, 1.165) is 10.8 Å². The summed E-state index contributed by atoms with van der Waals surface area (Å²) in [6.07, 6.45) is 1.62. The summed E-state index contributed by atoms with van der Waals surface area (Å²) in [5.74, 6) is 0.795. The maximum Gasteiger partial charge on any atom is 0.204 e. The van der Waals surface area contributed by atoms with E-state index in [9.17, 15) is 4.79 Å². The highest BCUT2D eigenvalue weighted by Crippen LogP contribution is 2.19. The zero-order chi connectivity index (χ0) is 12.3. The van der Waals surface area contributed by atoms with Gasteiger partial charge in [-0.1, -0.05) is 0 Å². The maximum atomic E-state index is 12.1. The molecule has 1 aromatic heterocycles. The number of carbonyl (C=O) groups excluding carboxylic acids is 1. The Labute approximate surface area is 104 Å². The lowest BCUT2D eigenvalue weighted by Crippen LogP contribution is -1.99. The second kappa shape index (κ2) is 5.10. The van der Waals surface area contributed by atoms with Crippen molar-refractivity contribution in [1.29, 1.82) is 0 Å². The number of nitrogens with zero attached hydrogens (tertiary/aromatic N) is 1. The molecule has 0 saturated heterocycles. The number of thiazole rings is 1. The molecule has 0 radical (unpaired) electrons. The largest absolute Gasteiger partial charge is 0.494 e. The fourth-order valence-corrected chi connectivity index (χ4v) is 2.22. The monoisotopic (exact) mass is 247 g/mol. The predicted molar refractivity (Wildman–Crippen MR) is 67.9 cm³/mol. The van der Waals surface area contributed by atoms with E-state index in [2.05, 4.69) is 4.98 Å². The van der Waals surface area contributed by atoms with Crippen molar-refractivity contribution in [2.75, 3.05) is 6.61 Å². The average Bonchev–Trinajstić information content (AvgIpc) is 2.76. The van der Waals surface area contributed by atoms with Crippen LogP contribution < -0.4 is 4.74 Å². The topological polar surface area (TPSA) is 39.2 Å². The lowest BCUT2D eigenvalue weighted by Gasteiger charge is -2.03. The molecule has 88 valence electrons. The summed E-state index contributed by atoms with van der Waals surface area (Å²) >= 11 is 1.41. The van der Waals surface area contributed by atoms with Crippen LogP contribution in [0.5, 0.6) is 5.75 Å². The van der Waals surface area contributed by atoms with Gasteiger partial charge in [0.25, 0.3) is 0 Å². The molecule has 2 aromatic rings. The van der Waals surface area contributed by atoms with Gasteiger partial charge in [-0.05, 0) is 38.1 Å².